The van der Waals surface area contributed by atoms with Gasteiger partial charge in [0.15, 0.2) is 0 Å². The first kappa shape index (κ1) is 58.2. The lowest BCUT2D eigenvalue weighted by Gasteiger charge is -2.20. The summed E-state index contributed by atoms with van der Waals surface area (Å²) in [5.41, 5.74) is -0.157. The molecule has 0 aromatic heterocycles. The molecule has 0 radical (unpaired) electrons. The number of hydrogen-bond acceptors (Lipinski definition) is 6. The summed E-state index contributed by atoms with van der Waals surface area (Å²) in [5.74, 6) is 4.12. The smallest absolute Gasteiger partial charge is 0.140 e. The van der Waals surface area contributed by atoms with Crippen molar-refractivity contribution in [3.8, 4) is 0 Å². The molecule has 0 aromatic rings. The van der Waals surface area contributed by atoms with Crippen LogP contribution in [0.3, 0.4) is 0 Å². The predicted molar refractivity (Wildman–Crippen MR) is 208 cm³/mol. The summed E-state index contributed by atoms with van der Waals surface area (Å²) >= 11 is 0. The molecule has 1 unspecified atom stereocenters. The van der Waals surface area contributed by atoms with E-state index in [0.29, 0.717) is 41.3 Å². The molecular formula is C42H84O6. The topological polar surface area (TPSA) is 102 Å². The van der Waals surface area contributed by atoms with E-state index in [1.165, 1.54) is 0 Å². The van der Waals surface area contributed by atoms with Gasteiger partial charge in [0.2, 0.25) is 0 Å². The van der Waals surface area contributed by atoms with Crippen LogP contribution in [0.4, 0.5) is 0 Å². The fraction of sp³-hybridized carbons (Fsp3) is 0.857. The lowest BCUT2D eigenvalue weighted by molar-refractivity contribution is -0.130. The van der Waals surface area contributed by atoms with Gasteiger partial charge in [-0.05, 0) is 25.7 Å². The van der Waals surface area contributed by atoms with Crippen LogP contribution in [0.5, 0.6) is 0 Å². The van der Waals surface area contributed by atoms with Crippen molar-refractivity contribution in [3.05, 3.63) is 0 Å². The average molecular weight is 685 g/mol. The molecule has 0 aliphatic heterocycles. The second kappa shape index (κ2) is 33.5. The number of Topliss-reactive ketones (excluding diaryl/α,β-unsaturated/α-hetero) is 6. The minimum absolute atomic E-state index is 0.157. The molecule has 0 aromatic carbocycles. The van der Waals surface area contributed by atoms with Gasteiger partial charge in [0.05, 0.1) is 0 Å². The maximum absolute atomic E-state index is 11.4. The molecule has 0 fully saturated rings. The molecule has 6 heteroatoms. The van der Waals surface area contributed by atoms with Gasteiger partial charge in [0.25, 0.3) is 0 Å². The van der Waals surface area contributed by atoms with Crippen LogP contribution in [-0.2, 0) is 28.8 Å². The first-order chi connectivity index (χ1) is 21.5. The zero-order chi connectivity index (χ0) is 40.1. The number of rotatable bonds is 13. The van der Waals surface area contributed by atoms with Crippen LogP contribution in [-0.4, -0.2) is 34.7 Å². The SMILES string of the molecule is CC(=O)C(C)C.CC(C)C(=O)C(C)C.CC(C)CC(=O)C(C)C.CCC(=O)C(C)C.CCC(C)C(=O)C(C)(C)C.CCCC(=O)C(C)C. The number of ketones is 6. The highest BCUT2D eigenvalue weighted by atomic mass is 16.1. The number of carbonyl (C=O) groups is 6. The Morgan fingerprint density at radius 2 is 0.833 bits per heavy atom. The van der Waals surface area contributed by atoms with Crippen molar-refractivity contribution in [3.63, 3.8) is 0 Å². The van der Waals surface area contributed by atoms with Gasteiger partial charge in [0, 0.05) is 66.1 Å². The standard InChI is InChI=1S/C9H18O.C8H16O.2C7H14O.C6H12O.C5H10O/c1-6-7(2)8(10)9(3,4)5;1-6(2)5-8(9)7(3)4;1-5(2)7(8)6(3)4;1-4-5-7(8)6(2)3;1-4-6(7)5(2)3;1-4(2)5(3)6/h7H,6H2,1-5H3;6-7H,5H2,1-4H3;5-6H,1-4H3;6H,4-5H2,1-3H3;5H,4H2,1-3H3;4H,1-3H3. The van der Waals surface area contributed by atoms with Crippen molar-refractivity contribution in [2.75, 3.05) is 0 Å². The Balaban J connectivity index is -0.000000111. The summed E-state index contributed by atoms with van der Waals surface area (Å²) in [6.07, 6.45) is 4.10. The third-order valence-corrected chi connectivity index (χ3v) is 7.14. The van der Waals surface area contributed by atoms with Crippen molar-refractivity contribution < 1.29 is 28.8 Å². The van der Waals surface area contributed by atoms with E-state index < -0.39 is 0 Å². The Kier molecular flexibility index (Phi) is 40.7. The van der Waals surface area contributed by atoms with Crippen molar-refractivity contribution in [1.82, 2.24) is 0 Å². The van der Waals surface area contributed by atoms with E-state index in [0.717, 1.165) is 25.7 Å². The van der Waals surface area contributed by atoms with Crippen molar-refractivity contribution in [1.29, 1.82) is 0 Å². The molecule has 0 rings (SSSR count). The molecule has 288 valence electrons. The van der Waals surface area contributed by atoms with E-state index >= 15 is 0 Å². The van der Waals surface area contributed by atoms with E-state index in [9.17, 15) is 28.8 Å². The van der Waals surface area contributed by atoms with Gasteiger partial charge >= 0.3 is 0 Å². The normalized spacial score (nSPS) is 11.2. The largest absolute Gasteiger partial charge is 0.300 e. The Hall–Kier alpha value is -1.98. The Labute approximate surface area is 300 Å². The molecule has 0 saturated heterocycles. The van der Waals surface area contributed by atoms with Crippen molar-refractivity contribution in [2.45, 2.75) is 184 Å². The fourth-order valence-corrected chi connectivity index (χ4v) is 3.17. The first-order valence-corrected chi connectivity index (χ1v) is 18.7. The molecule has 0 heterocycles. The van der Waals surface area contributed by atoms with Gasteiger partial charge < -0.3 is 0 Å². The first-order valence-electron chi connectivity index (χ1n) is 18.7. The van der Waals surface area contributed by atoms with Crippen LogP contribution in [0.1, 0.15) is 184 Å². The second-order valence-corrected chi connectivity index (χ2v) is 16.0. The highest BCUT2D eigenvalue weighted by Gasteiger charge is 2.24. The van der Waals surface area contributed by atoms with E-state index in [2.05, 4.69) is 13.8 Å². The minimum atomic E-state index is -0.157. The van der Waals surface area contributed by atoms with Gasteiger partial charge in [-0.1, -0.05) is 145 Å². The summed E-state index contributed by atoms with van der Waals surface area (Å²) in [6.45, 7) is 42.8. The molecule has 0 aliphatic carbocycles. The summed E-state index contributed by atoms with van der Waals surface area (Å²) in [5, 5.41) is 0. The Bertz CT molecular complexity index is 842. The van der Waals surface area contributed by atoms with E-state index in [4.69, 9.17) is 0 Å². The summed E-state index contributed by atoms with van der Waals surface area (Å²) in [4.78, 5) is 64.6. The van der Waals surface area contributed by atoms with Crippen LogP contribution in [0, 0.1) is 52.8 Å². The van der Waals surface area contributed by atoms with Gasteiger partial charge in [0.1, 0.15) is 34.7 Å². The third kappa shape index (κ3) is 44.0. The predicted octanol–water partition coefficient (Wildman–Crippen LogP) is 11.6. The maximum Gasteiger partial charge on any atom is 0.140 e. The highest BCUT2D eigenvalue weighted by molar-refractivity contribution is 5.85. The van der Waals surface area contributed by atoms with Crippen LogP contribution in [0.2, 0.25) is 0 Å². The lowest BCUT2D eigenvalue weighted by Crippen LogP contribution is -2.26. The molecule has 0 spiro atoms. The highest BCUT2D eigenvalue weighted by Crippen LogP contribution is 2.21. The van der Waals surface area contributed by atoms with E-state index in [1.54, 1.807) is 6.92 Å². The monoisotopic (exact) mass is 685 g/mol. The second-order valence-electron chi connectivity index (χ2n) is 16.0. The number of hydrogen-bond donors (Lipinski definition) is 0. The minimum Gasteiger partial charge on any atom is -0.300 e. The molecule has 6 nitrogen and oxygen atoms in total. The van der Waals surface area contributed by atoms with Crippen LogP contribution in [0.15, 0.2) is 0 Å². The van der Waals surface area contributed by atoms with Crippen LogP contribution >= 0.6 is 0 Å². The number of carbonyl (C=O) groups excluding carboxylic acids is 6. The Morgan fingerprint density at radius 3 is 0.896 bits per heavy atom. The quantitative estimate of drug-likeness (QED) is 0.191. The molecule has 0 saturated carbocycles. The molecular weight excluding hydrogens is 600 g/mol. The van der Waals surface area contributed by atoms with Gasteiger partial charge in [-0.3, -0.25) is 28.8 Å². The maximum atomic E-state index is 11.4. The zero-order valence-electron chi connectivity index (χ0n) is 36.1. The summed E-state index contributed by atoms with van der Waals surface area (Å²) in [7, 11) is 0. The van der Waals surface area contributed by atoms with Gasteiger partial charge in [-0.2, -0.15) is 0 Å². The van der Waals surface area contributed by atoms with Crippen molar-refractivity contribution in [2.24, 2.45) is 52.8 Å². The molecule has 0 N–H and O–H groups in total. The summed E-state index contributed by atoms with van der Waals surface area (Å²) < 4.78 is 0. The third-order valence-electron chi connectivity index (χ3n) is 7.14. The van der Waals surface area contributed by atoms with Crippen LogP contribution in [0.25, 0.3) is 0 Å². The van der Waals surface area contributed by atoms with Crippen LogP contribution < -0.4 is 0 Å². The average Bonchev–Trinajstić information content (AvgIpc) is 2.95. The fourth-order valence-electron chi connectivity index (χ4n) is 3.17. The molecule has 48 heavy (non-hydrogen) atoms. The van der Waals surface area contributed by atoms with Gasteiger partial charge in [-0.15, -0.1) is 0 Å². The summed E-state index contributed by atoms with van der Waals surface area (Å²) in [6, 6.07) is 0. The molecule has 0 bridgehead atoms. The van der Waals surface area contributed by atoms with Crippen molar-refractivity contribution >= 4 is 34.7 Å². The zero-order valence-corrected chi connectivity index (χ0v) is 36.1. The Morgan fingerprint density at radius 1 is 0.500 bits per heavy atom. The lowest BCUT2D eigenvalue weighted by atomic mass is 9.83. The molecule has 1 atom stereocenters. The van der Waals surface area contributed by atoms with E-state index in [1.807, 2.05) is 132 Å². The van der Waals surface area contributed by atoms with Gasteiger partial charge in [-0.25, -0.2) is 0 Å². The molecule has 0 aliphatic rings. The van der Waals surface area contributed by atoms with E-state index in [-0.39, 0.29) is 52.6 Å². The molecule has 0 amide bonds.